The Bertz CT molecular complexity index is 22.4. The highest BCUT2D eigenvalue weighted by atomic mass is 16.8. The van der Waals surface area contributed by atoms with Gasteiger partial charge in [-0.05, 0) is 0 Å². The van der Waals surface area contributed by atoms with Gasteiger partial charge < -0.3 is 14.2 Å². The molecule has 7 heavy (non-hydrogen) atoms. The monoisotopic (exact) mass is 106 g/mol. The lowest BCUT2D eigenvalue weighted by molar-refractivity contribution is -0.247. The van der Waals surface area contributed by atoms with Gasteiger partial charge in [-0.15, -0.1) is 0 Å². The van der Waals surface area contributed by atoms with Crippen LogP contribution < -0.4 is 0 Å². The summed E-state index contributed by atoms with van der Waals surface area (Å²) in [4.78, 5) is 0. The molecular formula is C4H10O3. The van der Waals surface area contributed by atoms with Crippen molar-refractivity contribution in [3.8, 4) is 0 Å². The maximum absolute atomic E-state index is 4.62. The van der Waals surface area contributed by atoms with Gasteiger partial charge in [-0.1, -0.05) is 7.43 Å². The van der Waals surface area contributed by atoms with Gasteiger partial charge in [0, 0.05) is 0 Å². The molecule has 1 aliphatic rings. The molecule has 0 bridgehead atoms. The zero-order chi connectivity index (χ0) is 4.24. The molecule has 0 spiro atoms. The van der Waals surface area contributed by atoms with E-state index in [4.69, 9.17) is 0 Å². The van der Waals surface area contributed by atoms with Gasteiger partial charge in [-0.25, -0.2) is 0 Å². The summed E-state index contributed by atoms with van der Waals surface area (Å²) in [7, 11) is 0. The van der Waals surface area contributed by atoms with Crippen LogP contribution in [0.1, 0.15) is 7.43 Å². The Morgan fingerprint density at radius 1 is 0.714 bits per heavy atom. The van der Waals surface area contributed by atoms with Crippen LogP contribution in [0.2, 0.25) is 0 Å². The number of ether oxygens (including phenoxy) is 3. The third-order valence-corrected chi connectivity index (χ3v) is 0.500. The molecule has 0 unspecified atom stereocenters. The Kier molecular flexibility index (Phi) is 3.98. The van der Waals surface area contributed by atoms with Crippen LogP contribution in [0.15, 0.2) is 0 Å². The van der Waals surface area contributed by atoms with Gasteiger partial charge in [0.2, 0.25) is 0 Å². The fourth-order valence-electron chi connectivity index (χ4n) is 0.279. The van der Waals surface area contributed by atoms with Crippen molar-refractivity contribution in [1.82, 2.24) is 0 Å². The number of rotatable bonds is 0. The van der Waals surface area contributed by atoms with Gasteiger partial charge in [-0.3, -0.25) is 0 Å². The fourth-order valence-corrected chi connectivity index (χ4v) is 0.279. The molecule has 0 saturated carbocycles. The van der Waals surface area contributed by atoms with Crippen LogP contribution >= 0.6 is 0 Å². The molecule has 1 fully saturated rings. The van der Waals surface area contributed by atoms with Crippen molar-refractivity contribution < 1.29 is 14.2 Å². The van der Waals surface area contributed by atoms with Crippen LogP contribution in [0.3, 0.4) is 0 Å². The van der Waals surface area contributed by atoms with Crippen molar-refractivity contribution in [3.05, 3.63) is 0 Å². The largest absolute Gasteiger partial charge is 0.329 e. The average molecular weight is 106 g/mol. The Hall–Kier alpha value is -0.120. The lowest BCUT2D eigenvalue weighted by Gasteiger charge is -2.10. The van der Waals surface area contributed by atoms with Gasteiger partial charge in [0.25, 0.3) is 0 Å². The Balaban J connectivity index is 0.000000360. The van der Waals surface area contributed by atoms with E-state index in [2.05, 4.69) is 14.2 Å². The van der Waals surface area contributed by atoms with Crippen LogP contribution in [0.4, 0.5) is 0 Å². The summed E-state index contributed by atoms with van der Waals surface area (Å²) in [5.41, 5.74) is 0. The molecule has 1 rings (SSSR count). The molecule has 1 aliphatic heterocycles. The van der Waals surface area contributed by atoms with Gasteiger partial charge >= 0.3 is 0 Å². The van der Waals surface area contributed by atoms with Gasteiger partial charge in [0.15, 0.2) is 20.4 Å². The predicted molar refractivity (Wildman–Crippen MR) is 24.6 cm³/mol. The van der Waals surface area contributed by atoms with E-state index in [-0.39, 0.29) is 7.43 Å². The molecule has 3 nitrogen and oxygen atoms in total. The summed E-state index contributed by atoms with van der Waals surface area (Å²) in [6.45, 7) is 1.12. The molecule has 0 radical (unpaired) electrons. The molecule has 3 heteroatoms. The first-order valence-electron chi connectivity index (χ1n) is 1.73. The van der Waals surface area contributed by atoms with E-state index < -0.39 is 0 Å². The average Bonchev–Trinajstić information content (AvgIpc) is 1.72. The van der Waals surface area contributed by atoms with Crippen LogP contribution in [-0.2, 0) is 14.2 Å². The maximum Gasteiger partial charge on any atom is 0.152 e. The minimum atomic E-state index is 0. The lowest BCUT2D eigenvalue weighted by Crippen LogP contribution is -2.14. The molecule has 1 heterocycles. The molecule has 0 atom stereocenters. The predicted octanol–water partition coefficient (Wildman–Crippen LogP) is 0.558. The van der Waals surface area contributed by atoms with Crippen molar-refractivity contribution in [2.75, 3.05) is 20.4 Å². The molecule has 44 valence electrons. The highest BCUT2D eigenvalue weighted by Gasteiger charge is 1.93. The summed E-state index contributed by atoms with van der Waals surface area (Å²) in [5.74, 6) is 0. The van der Waals surface area contributed by atoms with Crippen LogP contribution in [-0.4, -0.2) is 20.4 Å². The molecule has 0 aromatic carbocycles. The van der Waals surface area contributed by atoms with Crippen molar-refractivity contribution in [1.29, 1.82) is 0 Å². The van der Waals surface area contributed by atoms with Gasteiger partial charge in [0.05, 0.1) is 0 Å². The first-order chi connectivity index (χ1) is 3.00. The molecule has 0 aromatic heterocycles. The standard InChI is InChI=1S/C3H6O3.CH4/c1-4-2-6-3-5-1;/h1-3H2;1H4. The maximum atomic E-state index is 4.62. The topological polar surface area (TPSA) is 27.7 Å². The van der Waals surface area contributed by atoms with E-state index in [1.54, 1.807) is 0 Å². The van der Waals surface area contributed by atoms with Crippen LogP contribution in [0.25, 0.3) is 0 Å². The minimum absolute atomic E-state index is 0. The number of hydrogen-bond donors (Lipinski definition) is 0. The minimum Gasteiger partial charge on any atom is -0.329 e. The van der Waals surface area contributed by atoms with Crippen LogP contribution in [0, 0.1) is 0 Å². The molecule has 0 aromatic rings. The quantitative estimate of drug-likeness (QED) is 0.451. The highest BCUT2D eigenvalue weighted by molar-refractivity contribution is 4.09. The zero-order valence-corrected chi connectivity index (χ0v) is 3.35. The summed E-state index contributed by atoms with van der Waals surface area (Å²) in [6.07, 6.45) is 0. The van der Waals surface area contributed by atoms with Crippen molar-refractivity contribution in [2.24, 2.45) is 0 Å². The Labute approximate surface area is 43.2 Å². The zero-order valence-electron chi connectivity index (χ0n) is 3.35. The van der Waals surface area contributed by atoms with Crippen LogP contribution in [0.5, 0.6) is 0 Å². The van der Waals surface area contributed by atoms with E-state index in [0.29, 0.717) is 20.4 Å². The van der Waals surface area contributed by atoms with Gasteiger partial charge in [0.1, 0.15) is 0 Å². The first kappa shape index (κ1) is 6.88. The second-order valence-electron chi connectivity index (χ2n) is 0.966. The fraction of sp³-hybridized carbons (Fsp3) is 1.00. The van der Waals surface area contributed by atoms with Gasteiger partial charge in [-0.2, -0.15) is 0 Å². The lowest BCUT2D eigenvalue weighted by atomic mass is 11.2. The van der Waals surface area contributed by atoms with Crippen molar-refractivity contribution in [2.45, 2.75) is 7.43 Å². The molecule has 0 amide bonds. The summed E-state index contributed by atoms with van der Waals surface area (Å²) in [6, 6.07) is 0. The van der Waals surface area contributed by atoms with Crippen molar-refractivity contribution in [3.63, 3.8) is 0 Å². The molecular weight excluding hydrogens is 96.0 g/mol. The molecule has 0 N–H and O–H groups in total. The van der Waals surface area contributed by atoms with E-state index in [0.717, 1.165) is 0 Å². The highest BCUT2D eigenvalue weighted by Crippen LogP contribution is 1.87. The summed E-state index contributed by atoms with van der Waals surface area (Å²) >= 11 is 0. The smallest absolute Gasteiger partial charge is 0.152 e. The van der Waals surface area contributed by atoms with E-state index in [9.17, 15) is 0 Å². The third kappa shape index (κ3) is 2.56. The normalized spacial score (nSPS) is 20.6. The molecule has 0 aliphatic carbocycles. The number of hydrogen-bond acceptors (Lipinski definition) is 3. The second kappa shape index (κ2) is 4.05. The van der Waals surface area contributed by atoms with E-state index in [1.807, 2.05) is 0 Å². The Morgan fingerprint density at radius 3 is 1.14 bits per heavy atom. The van der Waals surface area contributed by atoms with E-state index >= 15 is 0 Å². The first-order valence-corrected chi connectivity index (χ1v) is 1.73. The van der Waals surface area contributed by atoms with E-state index in [1.165, 1.54) is 0 Å². The van der Waals surface area contributed by atoms with Crippen molar-refractivity contribution >= 4 is 0 Å². The second-order valence-corrected chi connectivity index (χ2v) is 0.966. The molecule has 1 saturated heterocycles. The SMILES string of the molecule is C.C1OCOCO1. The Morgan fingerprint density at radius 2 is 1.00 bits per heavy atom. The third-order valence-electron chi connectivity index (χ3n) is 0.500. The summed E-state index contributed by atoms with van der Waals surface area (Å²) in [5, 5.41) is 0. The summed E-state index contributed by atoms with van der Waals surface area (Å²) < 4.78 is 13.9.